The summed E-state index contributed by atoms with van der Waals surface area (Å²) in [7, 11) is 1.65. The number of rotatable bonds is 6. The number of aromatic nitrogens is 4. The number of thioether (sulfide) groups is 1. The molecule has 132 valence electrons. The normalized spacial score (nSPS) is 11.0. The van der Waals surface area contributed by atoms with E-state index in [9.17, 15) is 0 Å². The maximum atomic E-state index is 5.77. The molecule has 0 bridgehead atoms. The molecule has 4 rings (SSSR count). The minimum atomic E-state index is 0.653. The zero-order chi connectivity index (χ0) is 17.9. The first-order valence-electron chi connectivity index (χ1n) is 7.93. The molecule has 0 saturated carbocycles. The summed E-state index contributed by atoms with van der Waals surface area (Å²) in [5.74, 6) is 3.69. The van der Waals surface area contributed by atoms with Gasteiger partial charge >= 0.3 is 0 Å². The summed E-state index contributed by atoms with van der Waals surface area (Å²) >= 11 is 3.14. The smallest absolute Gasteiger partial charge is 0.236 e. The Kier molecular flexibility index (Phi) is 4.77. The van der Waals surface area contributed by atoms with E-state index in [4.69, 9.17) is 9.15 Å². The van der Waals surface area contributed by atoms with Crippen molar-refractivity contribution in [1.82, 2.24) is 20.2 Å². The molecule has 0 saturated heterocycles. The van der Waals surface area contributed by atoms with Crippen molar-refractivity contribution in [2.75, 3.05) is 7.11 Å². The van der Waals surface area contributed by atoms with Gasteiger partial charge in [-0.15, -0.1) is 16.4 Å². The summed E-state index contributed by atoms with van der Waals surface area (Å²) in [4.78, 5) is 10.2. The van der Waals surface area contributed by atoms with Crippen molar-refractivity contribution >= 4 is 23.1 Å². The number of thiophene rings is 1. The summed E-state index contributed by atoms with van der Waals surface area (Å²) < 4.78 is 10.9. The maximum absolute atomic E-state index is 5.77. The number of hydrogen-bond acceptors (Lipinski definition) is 7. The van der Waals surface area contributed by atoms with Crippen LogP contribution in [0.2, 0.25) is 0 Å². The average Bonchev–Trinajstić information content (AvgIpc) is 3.41. The third-order valence-electron chi connectivity index (χ3n) is 3.79. The molecule has 0 aliphatic rings. The quantitative estimate of drug-likeness (QED) is 0.481. The molecule has 0 unspecified atom stereocenters. The van der Waals surface area contributed by atoms with Crippen molar-refractivity contribution < 1.29 is 9.15 Å². The van der Waals surface area contributed by atoms with E-state index in [2.05, 4.69) is 20.2 Å². The fourth-order valence-electron chi connectivity index (χ4n) is 2.39. The van der Waals surface area contributed by atoms with Gasteiger partial charge in [-0.05, 0) is 42.6 Å². The van der Waals surface area contributed by atoms with E-state index in [0.29, 0.717) is 16.8 Å². The zero-order valence-electron chi connectivity index (χ0n) is 14.2. The molecule has 1 N–H and O–H groups in total. The topological polar surface area (TPSA) is 76.8 Å². The Morgan fingerprint density at radius 3 is 2.77 bits per heavy atom. The Morgan fingerprint density at radius 2 is 2.04 bits per heavy atom. The number of ether oxygens (including phenoxy) is 1. The fraction of sp³-hybridized carbons (Fsp3) is 0.167. The summed E-state index contributed by atoms with van der Waals surface area (Å²) in [5, 5.41) is 9.94. The lowest BCUT2D eigenvalue weighted by molar-refractivity contribution is 0.415. The number of nitrogens with zero attached hydrogens (tertiary/aromatic N) is 3. The molecule has 0 spiro atoms. The van der Waals surface area contributed by atoms with Crippen LogP contribution in [0.15, 0.2) is 51.4 Å². The molecule has 0 amide bonds. The standard InChI is InChI=1S/C18H16N4O2S2/c1-11-14(19-17(24-11)15-4-3-9-25-15)10-26-18-20-16(21-22-18)12-5-7-13(23-2)8-6-12/h3-9H,10H2,1-2H3,(H,20,21,22). The summed E-state index contributed by atoms with van der Waals surface area (Å²) in [5.41, 5.74) is 1.87. The van der Waals surface area contributed by atoms with Crippen LogP contribution in [0.4, 0.5) is 0 Å². The Hall–Kier alpha value is -2.58. The molecular formula is C18H16N4O2S2. The first-order valence-corrected chi connectivity index (χ1v) is 9.79. The third-order valence-corrected chi connectivity index (χ3v) is 5.51. The molecule has 8 heteroatoms. The highest BCUT2D eigenvalue weighted by Gasteiger charge is 2.14. The van der Waals surface area contributed by atoms with Gasteiger partial charge in [-0.3, -0.25) is 5.10 Å². The molecule has 4 aromatic rings. The third kappa shape index (κ3) is 3.51. The number of aryl methyl sites for hydroxylation is 1. The van der Waals surface area contributed by atoms with Crippen LogP contribution in [0.25, 0.3) is 22.2 Å². The van der Waals surface area contributed by atoms with Crippen molar-refractivity contribution in [3.8, 4) is 27.9 Å². The van der Waals surface area contributed by atoms with Gasteiger partial charge in [-0.25, -0.2) is 9.97 Å². The second-order valence-electron chi connectivity index (χ2n) is 5.48. The van der Waals surface area contributed by atoms with Crippen molar-refractivity contribution in [1.29, 1.82) is 0 Å². The number of aromatic amines is 1. The van der Waals surface area contributed by atoms with Crippen LogP contribution >= 0.6 is 23.1 Å². The first-order chi connectivity index (χ1) is 12.7. The number of oxazole rings is 1. The molecule has 3 heterocycles. The number of nitrogens with one attached hydrogen (secondary N) is 1. The van der Waals surface area contributed by atoms with Gasteiger partial charge in [0.15, 0.2) is 5.82 Å². The van der Waals surface area contributed by atoms with E-state index >= 15 is 0 Å². The largest absolute Gasteiger partial charge is 0.497 e. The van der Waals surface area contributed by atoms with Gasteiger partial charge in [0, 0.05) is 11.3 Å². The van der Waals surface area contributed by atoms with E-state index in [1.807, 2.05) is 48.7 Å². The van der Waals surface area contributed by atoms with Crippen molar-refractivity contribution in [3.63, 3.8) is 0 Å². The molecule has 0 aliphatic heterocycles. The van der Waals surface area contributed by atoms with Gasteiger partial charge in [-0.1, -0.05) is 17.8 Å². The highest BCUT2D eigenvalue weighted by molar-refractivity contribution is 7.98. The number of hydrogen-bond donors (Lipinski definition) is 1. The van der Waals surface area contributed by atoms with Crippen LogP contribution < -0.4 is 4.74 Å². The summed E-state index contributed by atoms with van der Waals surface area (Å²) in [6.07, 6.45) is 0. The predicted molar refractivity (Wildman–Crippen MR) is 102 cm³/mol. The van der Waals surface area contributed by atoms with Gasteiger partial charge in [0.1, 0.15) is 11.5 Å². The Balaban J connectivity index is 1.45. The Labute approximate surface area is 158 Å². The number of methoxy groups -OCH3 is 1. The predicted octanol–water partition coefficient (Wildman–Crippen LogP) is 4.80. The highest BCUT2D eigenvalue weighted by Crippen LogP contribution is 2.29. The molecule has 0 radical (unpaired) electrons. The first kappa shape index (κ1) is 16.9. The molecule has 6 nitrogen and oxygen atoms in total. The maximum Gasteiger partial charge on any atom is 0.236 e. The summed E-state index contributed by atoms with van der Waals surface area (Å²) in [6, 6.07) is 11.7. The van der Waals surface area contributed by atoms with Crippen LogP contribution in [-0.4, -0.2) is 27.3 Å². The molecular weight excluding hydrogens is 368 g/mol. The van der Waals surface area contributed by atoms with Gasteiger partial charge in [0.2, 0.25) is 11.0 Å². The molecule has 1 aromatic carbocycles. The molecule has 0 atom stereocenters. The Bertz CT molecular complexity index is 991. The van der Waals surface area contributed by atoms with Gasteiger partial charge in [0.05, 0.1) is 17.7 Å². The monoisotopic (exact) mass is 384 g/mol. The minimum absolute atomic E-state index is 0.653. The fourth-order valence-corrected chi connectivity index (χ4v) is 3.84. The van der Waals surface area contributed by atoms with Crippen molar-refractivity contribution in [3.05, 3.63) is 53.2 Å². The van der Waals surface area contributed by atoms with Gasteiger partial charge in [-0.2, -0.15) is 0 Å². The van der Waals surface area contributed by atoms with E-state index in [1.165, 1.54) is 11.8 Å². The van der Waals surface area contributed by atoms with Crippen LogP contribution in [0.1, 0.15) is 11.5 Å². The average molecular weight is 384 g/mol. The van der Waals surface area contributed by atoms with E-state index in [0.717, 1.165) is 33.5 Å². The van der Waals surface area contributed by atoms with Gasteiger partial charge in [0.25, 0.3) is 0 Å². The van der Waals surface area contributed by atoms with Crippen LogP contribution in [-0.2, 0) is 5.75 Å². The van der Waals surface area contributed by atoms with Crippen LogP contribution in [0.5, 0.6) is 5.75 Å². The SMILES string of the molecule is COc1ccc(-c2nc(SCc3nc(-c4cccs4)oc3C)n[nH]2)cc1. The Morgan fingerprint density at radius 1 is 1.19 bits per heavy atom. The van der Waals surface area contributed by atoms with Crippen molar-refractivity contribution in [2.45, 2.75) is 17.8 Å². The molecule has 0 aliphatic carbocycles. The lowest BCUT2D eigenvalue weighted by atomic mass is 10.2. The highest BCUT2D eigenvalue weighted by atomic mass is 32.2. The number of benzene rings is 1. The zero-order valence-corrected chi connectivity index (χ0v) is 15.9. The lowest BCUT2D eigenvalue weighted by Gasteiger charge is -1.99. The summed E-state index contributed by atoms with van der Waals surface area (Å²) in [6.45, 7) is 1.93. The second kappa shape index (κ2) is 7.35. The number of H-pyrrole nitrogens is 1. The molecule has 26 heavy (non-hydrogen) atoms. The minimum Gasteiger partial charge on any atom is -0.497 e. The van der Waals surface area contributed by atoms with E-state index in [1.54, 1.807) is 18.4 Å². The van der Waals surface area contributed by atoms with Gasteiger partial charge < -0.3 is 9.15 Å². The van der Waals surface area contributed by atoms with E-state index in [-0.39, 0.29) is 0 Å². The lowest BCUT2D eigenvalue weighted by Crippen LogP contribution is -1.86. The van der Waals surface area contributed by atoms with E-state index < -0.39 is 0 Å². The van der Waals surface area contributed by atoms with Crippen LogP contribution in [0, 0.1) is 6.92 Å². The second-order valence-corrected chi connectivity index (χ2v) is 7.37. The molecule has 0 fully saturated rings. The molecule has 3 aromatic heterocycles. The van der Waals surface area contributed by atoms with Crippen molar-refractivity contribution in [2.24, 2.45) is 0 Å². The van der Waals surface area contributed by atoms with Crippen LogP contribution in [0.3, 0.4) is 0 Å².